The summed E-state index contributed by atoms with van der Waals surface area (Å²) in [5.74, 6) is 0.811. The van der Waals surface area contributed by atoms with Crippen LogP contribution in [0.15, 0.2) is 90.6 Å². The number of ether oxygens (including phenoxy) is 2. The maximum Gasteiger partial charge on any atom is 0.268 e. The first-order valence-corrected chi connectivity index (χ1v) is 13.1. The fourth-order valence-electron chi connectivity index (χ4n) is 4.18. The zero-order valence-electron chi connectivity index (χ0n) is 21.2. The normalized spacial score (nSPS) is 11.2. The molecule has 0 aliphatic carbocycles. The van der Waals surface area contributed by atoms with Crippen LogP contribution in [0.3, 0.4) is 0 Å². The van der Waals surface area contributed by atoms with Crippen LogP contribution in [0.5, 0.6) is 11.5 Å². The van der Waals surface area contributed by atoms with E-state index in [0.717, 1.165) is 27.0 Å². The van der Waals surface area contributed by atoms with E-state index in [4.69, 9.17) is 9.47 Å². The van der Waals surface area contributed by atoms with Crippen molar-refractivity contribution in [2.45, 2.75) is 13.0 Å². The van der Waals surface area contributed by atoms with Crippen molar-refractivity contribution in [1.29, 1.82) is 5.26 Å². The lowest BCUT2D eigenvalue weighted by molar-refractivity contribution is -0.112. The van der Waals surface area contributed by atoms with Gasteiger partial charge in [0.1, 0.15) is 23.3 Å². The second kappa shape index (κ2) is 12.1. The zero-order valence-corrected chi connectivity index (χ0v) is 22.0. The van der Waals surface area contributed by atoms with Gasteiger partial charge in [-0.05, 0) is 29.8 Å². The maximum atomic E-state index is 12.9. The average molecular weight is 536 g/mol. The van der Waals surface area contributed by atoms with E-state index in [1.165, 1.54) is 11.3 Å². The number of nitriles is 1. The van der Waals surface area contributed by atoms with Gasteiger partial charge in [0.25, 0.3) is 5.91 Å². The number of hydrogen-bond donors (Lipinski definition) is 1. The fourth-order valence-corrected chi connectivity index (χ4v) is 4.95. The van der Waals surface area contributed by atoms with Gasteiger partial charge in [0.2, 0.25) is 5.13 Å². The summed E-state index contributed by atoms with van der Waals surface area (Å²) < 4.78 is 13.3. The number of methoxy groups -OCH3 is 1. The van der Waals surface area contributed by atoms with Gasteiger partial charge in [0.05, 0.1) is 13.7 Å². The molecule has 194 valence electrons. The minimum Gasteiger partial charge on any atom is -0.493 e. The van der Waals surface area contributed by atoms with Crippen molar-refractivity contribution in [1.82, 2.24) is 14.8 Å². The molecule has 1 amide bonds. The lowest BCUT2D eigenvalue weighted by Crippen LogP contribution is -2.13. The first kappa shape index (κ1) is 25.7. The van der Waals surface area contributed by atoms with Crippen molar-refractivity contribution in [3.05, 3.63) is 107 Å². The molecule has 2 heterocycles. The summed E-state index contributed by atoms with van der Waals surface area (Å²) in [5, 5.41) is 22.8. The van der Waals surface area contributed by atoms with Gasteiger partial charge in [0, 0.05) is 29.1 Å². The number of nitrogens with zero attached hydrogens (tertiary/aromatic N) is 4. The molecule has 5 aromatic rings. The van der Waals surface area contributed by atoms with Crippen LogP contribution in [-0.2, 0) is 17.8 Å². The van der Waals surface area contributed by atoms with Gasteiger partial charge in [0.15, 0.2) is 11.5 Å². The monoisotopic (exact) mass is 535 g/mol. The predicted molar refractivity (Wildman–Crippen MR) is 152 cm³/mol. The van der Waals surface area contributed by atoms with Gasteiger partial charge in [-0.1, -0.05) is 72.0 Å². The molecule has 9 heteroatoms. The van der Waals surface area contributed by atoms with Crippen LogP contribution < -0.4 is 14.8 Å². The van der Waals surface area contributed by atoms with Crippen LogP contribution in [0.4, 0.5) is 5.13 Å². The SMILES string of the molecule is COc1ccccc1OCCn1cc(/C=C(/C#N)C(=O)Nc2nnc(Cc3ccccc3)s2)c2ccccc21. The molecule has 8 nitrogen and oxygen atoms in total. The molecule has 0 atom stereocenters. The Morgan fingerprint density at radius 1 is 1.03 bits per heavy atom. The van der Waals surface area contributed by atoms with Crippen molar-refractivity contribution in [3.8, 4) is 17.6 Å². The third-order valence-corrected chi connectivity index (χ3v) is 6.87. The molecule has 0 fully saturated rings. The average Bonchev–Trinajstić information content (AvgIpc) is 3.56. The van der Waals surface area contributed by atoms with Gasteiger partial charge < -0.3 is 14.0 Å². The largest absolute Gasteiger partial charge is 0.493 e. The highest BCUT2D eigenvalue weighted by molar-refractivity contribution is 7.15. The van der Waals surface area contributed by atoms with Crippen molar-refractivity contribution in [3.63, 3.8) is 0 Å². The molecule has 0 spiro atoms. The van der Waals surface area contributed by atoms with E-state index in [1.807, 2.05) is 95.7 Å². The highest BCUT2D eigenvalue weighted by atomic mass is 32.1. The third kappa shape index (κ3) is 6.14. The van der Waals surface area contributed by atoms with Gasteiger partial charge in [-0.3, -0.25) is 10.1 Å². The number of anilines is 1. The minimum absolute atomic E-state index is 0.0250. The minimum atomic E-state index is -0.531. The predicted octanol–water partition coefficient (Wildman–Crippen LogP) is 5.72. The van der Waals surface area contributed by atoms with Crippen molar-refractivity contribution in [2.75, 3.05) is 19.0 Å². The summed E-state index contributed by atoms with van der Waals surface area (Å²) in [7, 11) is 1.61. The van der Waals surface area contributed by atoms with Gasteiger partial charge in [-0.25, -0.2) is 0 Å². The van der Waals surface area contributed by atoms with Crippen LogP contribution in [0.1, 0.15) is 16.1 Å². The first-order valence-electron chi connectivity index (χ1n) is 12.3. The number of carbonyl (C=O) groups excluding carboxylic acids is 1. The lowest BCUT2D eigenvalue weighted by Gasteiger charge is -2.11. The number of para-hydroxylation sites is 3. The third-order valence-electron chi connectivity index (χ3n) is 6.03. The van der Waals surface area contributed by atoms with E-state index in [2.05, 4.69) is 15.5 Å². The number of carbonyl (C=O) groups is 1. The smallest absolute Gasteiger partial charge is 0.268 e. The van der Waals surface area contributed by atoms with E-state index in [1.54, 1.807) is 13.2 Å². The van der Waals surface area contributed by atoms with E-state index in [9.17, 15) is 10.1 Å². The second-order valence-corrected chi connectivity index (χ2v) is 9.64. The Hall–Kier alpha value is -4.94. The van der Waals surface area contributed by atoms with Crippen LogP contribution in [-0.4, -0.2) is 34.4 Å². The Bertz CT molecular complexity index is 1670. The van der Waals surface area contributed by atoms with Crippen LogP contribution in [0.2, 0.25) is 0 Å². The summed E-state index contributed by atoms with van der Waals surface area (Å²) in [4.78, 5) is 12.9. The summed E-state index contributed by atoms with van der Waals surface area (Å²) in [6, 6.07) is 27.3. The number of rotatable bonds is 10. The molecule has 0 saturated carbocycles. The summed E-state index contributed by atoms with van der Waals surface area (Å²) in [5.41, 5.74) is 2.81. The summed E-state index contributed by atoms with van der Waals surface area (Å²) >= 11 is 1.29. The zero-order chi connectivity index (χ0) is 27.0. The van der Waals surface area contributed by atoms with Crippen LogP contribution in [0.25, 0.3) is 17.0 Å². The van der Waals surface area contributed by atoms with Gasteiger partial charge in [-0.15, -0.1) is 10.2 Å². The number of benzene rings is 3. The Labute approximate surface area is 229 Å². The van der Waals surface area contributed by atoms with Crippen molar-refractivity contribution < 1.29 is 14.3 Å². The first-order chi connectivity index (χ1) is 19.1. The Kier molecular flexibility index (Phi) is 7.95. The van der Waals surface area contributed by atoms with Crippen LogP contribution >= 0.6 is 11.3 Å². The summed E-state index contributed by atoms with van der Waals surface area (Å²) in [6.45, 7) is 0.978. The van der Waals surface area contributed by atoms with E-state index in [-0.39, 0.29) is 5.57 Å². The molecule has 0 aliphatic heterocycles. The van der Waals surface area contributed by atoms with Crippen molar-refractivity contribution >= 4 is 39.4 Å². The fraction of sp³-hybridized carbons (Fsp3) is 0.133. The molecule has 0 unspecified atom stereocenters. The Morgan fingerprint density at radius 3 is 2.56 bits per heavy atom. The number of aromatic nitrogens is 3. The highest BCUT2D eigenvalue weighted by Crippen LogP contribution is 2.27. The number of hydrogen-bond acceptors (Lipinski definition) is 7. The molecule has 2 aromatic heterocycles. The molecule has 1 N–H and O–H groups in total. The molecule has 3 aromatic carbocycles. The molecule has 0 saturated heterocycles. The quantitative estimate of drug-likeness (QED) is 0.181. The molecule has 0 bridgehead atoms. The maximum absolute atomic E-state index is 12.9. The number of fused-ring (bicyclic) bond motifs is 1. The Balaban J connectivity index is 1.30. The van der Waals surface area contributed by atoms with E-state index >= 15 is 0 Å². The second-order valence-electron chi connectivity index (χ2n) is 8.58. The molecular formula is C30H25N5O3S. The molecule has 39 heavy (non-hydrogen) atoms. The van der Waals surface area contributed by atoms with E-state index in [0.29, 0.717) is 36.2 Å². The Morgan fingerprint density at radius 2 is 1.77 bits per heavy atom. The number of amides is 1. The lowest BCUT2D eigenvalue weighted by atomic mass is 10.1. The topological polar surface area (TPSA) is 102 Å². The molecule has 0 radical (unpaired) electrons. The molecular weight excluding hydrogens is 510 g/mol. The van der Waals surface area contributed by atoms with Crippen LogP contribution in [0, 0.1) is 11.3 Å². The molecule has 0 aliphatic rings. The van der Waals surface area contributed by atoms with E-state index < -0.39 is 5.91 Å². The highest BCUT2D eigenvalue weighted by Gasteiger charge is 2.15. The summed E-state index contributed by atoms with van der Waals surface area (Å²) in [6.07, 6.45) is 4.14. The molecule has 5 rings (SSSR count). The van der Waals surface area contributed by atoms with Crippen molar-refractivity contribution in [2.24, 2.45) is 0 Å². The standard InChI is InChI=1S/C30H25N5O3S/c1-37-26-13-7-8-14-27(26)38-16-15-35-20-23(24-11-5-6-12-25(24)35)18-22(19-31)29(36)32-30-34-33-28(39-30)17-21-9-3-2-4-10-21/h2-14,18,20H,15-17H2,1H3,(H,32,34,36)/b22-18-. The van der Waals surface area contributed by atoms with Gasteiger partial charge >= 0.3 is 0 Å². The van der Waals surface area contributed by atoms with Gasteiger partial charge in [-0.2, -0.15) is 5.26 Å². The number of nitrogens with one attached hydrogen (secondary N) is 1.